The Morgan fingerprint density at radius 2 is 2.35 bits per heavy atom. The van der Waals surface area contributed by atoms with Crippen LogP contribution in [0.3, 0.4) is 0 Å². The fourth-order valence-corrected chi connectivity index (χ4v) is 2.81. The largest absolute Gasteiger partial charge is 0.394 e. The van der Waals surface area contributed by atoms with Crippen molar-refractivity contribution in [1.82, 2.24) is 9.36 Å². The average molecular weight is 257 g/mol. The summed E-state index contributed by atoms with van der Waals surface area (Å²) >= 11 is 1.42. The number of anilines is 1. The van der Waals surface area contributed by atoms with Crippen molar-refractivity contribution in [2.24, 2.45) is 0 Å². The summed E-state index contributed by atoms with van der Waals surface area (Å²) in [5.74, 6) is 0.884. The number of aliphatic hydroxyl groups is 1. The molecule has 0 radical (unpaired) electrons. The van der Waals surface area contributed by atoms with Crippen molar-refractivity contribution in [2.45, 2.75) is 38.9 Å². The summed E-state index contributed by atoms with van der Waals surface area (Å²) in [6, 6.07) is 0. The number of hydrogen-bond donors (Lipinski definition) is 1. The summed E-state index contributed by atoms with van der Waals surface area (Å²) in [5.41, 5.74) is -0.260. The van der Waals surface area contributed by atoms with E-state index in [0.717, 1.165) is 23.9 Å². The maximum Gasteiger partial charge on any atom is 0.205 e. The highest BCUT2D eigenvalue weighted by Crippen LogP contribution is 2.27. The molecular formula is C11H19N3O2S. The summed E-state index contributed by atoms with van der Waals surface area (Å²) in [5, 5.41) is 10.2. The first kappa shape index (κ1) is 12.7. The molecule has 0 saturated carbocycles. The van der Waals surface area contributed by atoms with Gasteiger partial charge in [-0.2, -0.15) is 4.37 Å². The van der Waals surface area contributed by atoms with Gasteiger partial charge in [-0.25, -0.2) is 4.98 Å². The Labute approximate surface area is 106 Å². The maximum absolute atomic E-state index is 9.26. The second kappa shape index (κ2) is 4.88. The van der Waals surface area contributed by atoms with Crippen molar-refractivity contribution in [1.29, 1.82) is 0 Å². The van der Waals surface area contributed by atoms with Crippen LogP contribution in [0.15, 0.2) is 0 Å². The molecule has 1 N–H and O–H groups in total. The van der Waals surface area contributed by atoms with E-state index in [0.29, 0.717) is 6.54 Å². The maximum atomic E-state index is 9.26. The standard InChI is InChI=1S/C11H19N3O2S/c1-4-9-12-10(17-13-9)14-5-8(6-15)16-11(2,3)7-14/h8,15H,4-7H2,1-3H3. The molecule has 5 nitrogen and oxygen atoms in total. The van der Waals surface area contributed by atoms with Crippen molar-refractivity contribution in [3.05, 3.63) is 5.82 Å². The van der Waals surface area contributed by atoms with Crippen molar-refractivity contribution >= 4 is 16.7 Å². The van der Waals surface area contributed by atoms with Crippen LogP contribution in [0.4, 0.5) is 5.13 Å². The minimum absolute atomic E-state index is 0.0410. The molecule has 1 aromatic heterocycles. The third-order valence-electron chi connectivity index (χ3n) is 2.73. The highest BCUT2D eigenvalue weighted by Gasteiger charge is 2.34. The molecule has 0 aliphatic carbocycles. The molecule has 1 fully saturated rings. The van der Waals surface area contributed by atoms with Crippen LogP contribution in [0, 0.1) is 0 Å². The Morgan fingerprint density at radius 3 is 2.94 bits per heavy atom. The highest BCUT2D eigenvalue weighted by molar-refractivity contribution is 7.09. The number of aromatic nitrogens is 2. The molecule has 1 aromatic rings. The van der Waals surface area contributed by atoms with E-state index in [1.807, 2.05) is 20.8 Å². The molecule has 1 aliphatic rings. The minimum Gasteiger partial charge on any atom is -0.394 e. The predicted octanol–water partition coefficient (Wildman–Crippen LogP) is 1.08. The molecular weight excluding hydrogens is 238 g/mol. The molecule has 0 aromatic carbocycles. The van der Waals surface area contributed by atoms with Gasteiger partial charge in [0.1, 0.15) is 5.82 Å². The van der Waals surface area contributed by atoms with Gasteiger partial charge >= 0.3 is 0 Å². The van der Waals surface area contributed by atoms with Crippen LogP contribution < -0.4 is 4.90 Å². The summed E-state index contributed by atoms with van der Waals surface area (Å²) < 4.78 is 10.1. The van der Waals surface area contributed by atoms with Gasteiger partial charge in [-0.3, -0.25) is 0 Å². The van der Waals surface area contributed by atoms with E-state index >= 15 is 0 Å². The minimum atomic E-state index is -0.260. The summed E-state index contributed by atoms with van der Waals surface area (Å²) in [6.07, 6.45) is 0.709. The highest BCUT2D eigenvalue weighted by atomic mass is 32.1. The van der Waals surface area contributed by atoms with E-state index in [1.54, 1.807) is 0 Å². The quantitative estimate of drug-likeness (QED) is 0.878. The number of aryl methyl sites for hydroxylation is 1. The van der Waals surface area contributed by atoms with Crippen LogP contribution in [0.5, 0.6) is 0 Å². The van der Waals surface area contributed by atoms with Gasteiger partial charge in [-0.05, 0) is 13.8 Å². The molecule has 1 saturated heterocycles. The third kappa shape index (κ3) is 2.94. The second-order valence-electron chi connectivity index (χ2n) is 4.91. The Hall–Kier alpha value is -0.720. The molecule has 0 spiro atoms. The lowest BCUT2D eigenvalue weighted by molar-refractivity contribution is -0.101. The van der Waals surface area contributed by atoms with Crippen LogP contribution in [0.1, 0.15) is 26.6 Å². The van der Waals surface area contributed by atoms with Gasteiger partial charge in [-0.1, -0.05) is 6.92 Å². The zero-order chi connectivity index (χ0) is 12.5. The topological polar surface area (TPSA) is 58.5 Å². The molecule has 1 atom stereocenters. The van der Waals surface area contributed by atoms with Crippen molar-refractivity contribution < 1.29 is 9.84 Å². The van der Waals surface area contributed by atoms with Crippen LogP contribution >= 0.6 is 11.5 Å². The van der Waals surface area contributed by atoms with Gasteiger partial charge in [0, 0.05) is 31.0 Å². The molecule has 1 aliphatic heterocycles. The first-order chi connectivity index (χ1) is 8.04. The first-order valence-corrected chi connectivity index (χ1v) is 6.67. The van der Waals surface area contributed by atoms with Gasteiger partial charge in [0.05, 0.1) is 18.3 Å². The molecule has 2 rings (SSSR count). The van der Waals surface area contributed by atoms with Crippen LogP contribution in [0.2, 0.25) is 0 Å². The first-order valence-electron chi connectivity index (χ1n) is 5.90. The van der Waals surface area contributed by atoms with Gasteiger partial charge in [0.2, 0.25) is 5.13 Å². The zero-order valence-electron chi connectivity index (χ0n) is 10.5. The van der Waals surface area contributed by atoms with Crippen molar-refractivity contribution in [2.75, 3.05) is 24.6 Å². The second-order valence-corrected chi connectivity index (χ2v) is 5.64. The zero-order valence-corrected chi connectivity index (χ0v) is 11.3. The normalized spacial score (nSPS) is 24.0. The molecule has 0 amide bonds. The Balaban J connectivity index is 2.14. The van der Waals surface area contributed by atoms with Gasteiger partial charge < -0.3 is 14.7 Å². The van der Waals surface area contributed by atoms with E-state index in [1.165, 1.54) is 11.5 Å². The van der Waals surface area contributed by atoms with Crippen LogP contribution in [-0.4, -0.2) is 45.9 Å². The smallest absolute Gasteiger partial charge is 0.205 e. The number of rotatable bonds is 3. The van der Waals surface area contributed by atoms with E-state index in [4.69, 9.17) is 4.74 Å². The van der Waals surface area contributed by atoms with Gasteiger partial charge in [0.25, 0.3) is 0 Å². The van der Waals surface area contributed by atoms with E-state index < -0.39 is 0 Å². The number of nitrogens with zero attached hydrogens (tertiary/aromatic N) is 3. The summed E-state index contributed by atoms with van der Waals surface area (Å²) in [7, 11) is 0. The monoisotopic (exact) mass is 257 g/mol. The van der Waals surface area contributed by atoms with Crippen LogP contribution in [-0.2, 0) is 11.2 Å². The molecule has 17 heavy (non-hydrogen) atoms. The van der Waals surface area contributed by atoms with E-state index in [-0.39, 0.29) is 18.3 Å². The number of morpholine rings is 1. The van der Waals surface area contributed by atoms with Crippen molar-refractivity contribution in [3.8, 4) is 0 Å². The third-order valence-corrected chi connectivity index (χ3v) is 3.54. The molecule has 0 bridgehead atoms. The molecule has 96 valence electrons. The lowest BCUT2D eigenvalue weighted by Crippen LogP contribution is -2.54. The van der Waals surface area contributed by atoms with Crippen LogP contribution in [0.25, 0.3) is 0 Å². The fraction of sp³-hybridized carbons (Fsp3) is 0.818. The Morgan fingerprint density at radius 1 is 1.59 bits per heavy atom. The SMILES string of the molecule is CCc1nsc(N2CC(CO)OC(C)(C)C2)n1. The van der Waals surface area contributed by atoms with E-state index in [2.05, 4.69) is 14.3 Å². The molecule has 6 heteroatoms. The summed E-state index contributed by atoms with van der Waals surface area (Å²) in [4.78, 5) is 6.64. The summed E-state index contributed by atoms with van der Waals surface area (Å²) in [6.45, 7) is 7.61. The Kier molecular flexibility index (Phi) is 3.65. The molecule has 1 unspecified atom stereocenters. The lowest BCUT2D eigenvalue weighted by Gasteiger charge is -2.42. The number of aliphatic hydroxyl groups excluding tert-OH is 1. The Bertz CT molecular complexity index is 381. The van der Waals surface area contributed by atoms with Crippen molar-refractivity contribution in [3.63, 3.8) is 0 Å². The number of ether oxygens (including phenoxy) is 1. The van der Waals surface area contributed by atoms with Gasteiger partial charge in [0.15, 0.2) is 0 Å². The number of hydrogen-bond acceptors (Lipinski definition) is 6. The predicted molar refractivity (Wildman–Crippen MR) is 67.5 cm³/mol. The van der Waals surface area contributed by atoms with E-state index in [9.17, 15) is 5.11 Å². The molecule has 2 heterocycles. The van der Waals surface area contributed by atoms with Gasteiger partial charge in [-0.15, -0.1) is 0 Å². The fourth-order valence-electron chi connectivity index (χ4n) is 2.05. The lowest BCUT2D eigenvalue weighted by atomic mass is 10.1. The average Bonchev–Trinajstić information content (AvgIpc) is 2.75.